The molecule has 0 radical (unpaired) electrons. The van der Waals surface area contributed by atoms with Crippen molar-refractivity contribution in [3.05, 3.63) is 92.5 Å². The standard InChI is InChI=1S/C32H35N2S2.HI/c1-5-33-27-13-7-21(3)15-29(27)35-31(33)19-23-9-11-25-12-10-24(18-26(25)17-23)20-32-34(6-2)28-14-8-22(4)16-30(28)36-32;/h7-8,13-20,25H,5-6,9-12H2,1-4H3;1H/q+1;/p-1. The number of fused-ring (bicyclic) bond motifs is 3. The minimum atomic E-state index is 0. The molecule has 0 amide bonds. The predicted octanol–water partition coefficient (Wildman–Crippen LogP) is 5.74. The van der Waals surface area contributed by atoms with Crippen LogP contribution in [0.4, 0.5) is 5.69 Å². The van der Waals surface area contributed by atoms with Gasteiger partial charge in [-0.1, -0.05) is 47.4 Å². The molecule has 2 aromatic carbocycles. The summed E-state index contributed by atoms with van der Waals surface area (Å²) in [4.78, 5) is 3.86. The van der Waals surface area contributed by atoms with Crippen molar-refractivity contribution in [3.8, 4) is 0 Å². The Bertz CT molecular complexity index is 1470. The van der Waals surface area contributed by atoms with Crippen LogP contribution >= 0.6 is 23.1 Å². The highest BCUT2D eigenvalue weighted by Crippen LogP contribution is 2.47. The molecule has 3 aromatic rings. The second-order valence-electron chi connectivity index (χ2n) is 10.3. The maximum Gasteiger partial charge on any atom is 0.263 e. The topological polar surface area (TPSA) is 7.12 Å². The highest BCUT2D eigenvalue weighted by molar-refractivity contribution is 8.03. The van der Waals surface area contributed by atoms with Gasteiger partial charge in [0.1, 0.15) is 11.2 Å². The van der Waals surface area contributed by atoms with Gasteiger partial charge in [-0.25, -0.2) is 0 Å². The number of hydrogen-bond donors (Lipinski definition) is 0. The third-order valence-corrected chi connectivity index (χ3v) is 9.95. The quantitative estimate of drug-likeness (QED) is 0.266. The number of nitrogens with zero attached hydrogens (tertiary/aromatic N) is 2. The second-order valence-corrected chi connectivity index (χ2v) is 12.4. The number of benzene rings is 2. The van der Waals surface area contributed by atoms with Crippen molar-refractivity contribution in [1.82, 2.24) is 0 Å². The van der Waals surface area contributed by atoms with Crippen molar-refractivity contribution in [1.29, 1.82) is 0 Å². The van der Waals surface area contributed by atoms with Crippen LogP contribution < -0.4 is 33.4 Å². The van der Waals surface area contributed by atoms with Crippen LogP contribution in [-0.2, 0) is 6.54 Å². The van der Waals surface area contributed by atoms with E-state index in [1.165, 1.54) is 84.4 Å². The molecule has 0 N–H and O–H groups in total. The Morgan fingerprint density at radius 3 is 2.57 bits per heavy atom. The first-order valence-corrected chi connectivity index (χ1v) is 15.0. The van der Waals surface area contributed by atoms with E-state index in [2.05, 4.69) is 97.9 Å². The van der Waals surface area contributed by atoms with Crippen LogP contribution in [0, 0.1) is 19.8 Å². The van der Waals surface area contributed by atoms with Gasteiger partial charge in [-0.3, -0.25) is 0 Å². The van der Waals surface area contributed by atoms with Crippen LogP contribution in [0.2, 0.25) is 0 Å². The molecule has 192 valence electrons. The Balaban J connectivity index is 0.00000280. The zero-order valence-corrected chi connectivity index (χ0v) is 26.0. The highest BCUT2D eigenvalue weighted by Gasteiger charge is 2.27. The summed E-state index contributed by atoms with van der Waals surface area (Å²) in [5, 5.41) is 2.75. The zero-order valence-electron chi connectivity index (χ0n) is 22.2. The summed E-state index contributed by atoms with van der Waals surface area (Å²) in [6, 6.07) is 13.7. The summed E-state index contributed by atoms with van der Waals surface area (Å²) in [5.74, 6) is 0.714. The molecular weight excluding hydrogens is 603 g/mol. The van der Waals surface area contributed by atoms with Crippen molar-refractivity contribution in [2.45, 2.75) is 64.8 Å². The fourth-order valence-corrected chi connectivity index (χ4v) is 8.45. The highest BCUT2D eigenvalue weighted by atomic mass is 127. The van der Waals surface area contributed by atoms with Crippen LogP contribution in [-0.4, -0.2) is 6.54 Å². The van der Waals surface area contributed by atoms with Crippen molar-refractivity contribution in [2.75, 3.05) is 11.4 Å². The third-order valence-electron chi connectivity index (χ3n) is 7.76. The molecule has 2 aliphatic carbocycles. The van der Waals surface area contributed by atoms with E-state index in [9.17, 15) is 0 Å². The Morgan fingerprint density at radius 2 is 1.76 bits per heavy atom. The van der Waals surface area contributed by atoms with E-state index in [4.69, 9.17) is 0 Å². The number of hydrogen-bond acceptors (Lipinski definition) is 3. The van der Waals surface area contributed by atoms with Gasteiger partial charge in [0.05, 0.1) is 10.7 Å². The van der Waals surface area contributed by atoms with Gasteiger partial charge in [0.15, 0.2) is 0 Å². The van der Waals surface area contributed by atoms with Gasteiger partial charge in [0, 0.05) is 23.6 Å². The lowest BCUT2D eigenvalue weighted by Crippen LogP contribution is -3.00. The molecule has 2 nitrogen and oxygen atoms in total. The molecule has 3 aliphatic rings. The molecule has 0 saturated carbocycles. The first-order valence-electron chi connectivity index (χ1n) is 13.4. The van der Waals surface area contributed by atoms with Crippen molar-refractivity contribution in [3.63, 3.8) is 0 Å². The Hall–Kier alpha value is -1.83. The number of anilines is 1. The molecule has 0 bridgehead atoms. The number of halogens is 1. The first kappa shape index (κ1) is 26.8. The molecule has 0 fully saturated rings. The molecule has 0 saturated heterocycles. The van der Waals surface area contributed by atoms with Crippen LogP contribution in [0.1, 0.15) is 55.7 Å². The smallest absolute Gasteiger partial charge is 0.263 e. The molecule has 1 aromatic heterocycles. The molecular formula is C32H35IN2S2. The van der Waals surface area contributed by atoms with Gasteiger partial charge >= 0.3 is 0 Å². The monoisotopic (exact) mass is 638 g/mol. The van der Waals surface area contributed by atoms with E-state index < -0.39 is 0 Å². The molecule has 1 atom stereocenters. The summed E-state index contributed by atoms with van der Waals surface area (Å²) in [7, 11) is 0. The lowest BCUT2D eigenvalue weighted by atomic mass is 9.77. The molecule has 5 heteroatoms. The van der Waals surface area contributed by atoms with Gasteiger partial charge in [0.2, 0.25) is 5.52 Å². The predicted molar refractivity (Wildman–Crippen MR) is 157 cm³/mol. The number of thioether (sulfide) groups is 1. The van der Waals surface area contributed by atoms with Crippen LogP contribution in [0.15, 0.2) is 81.3 Å². The fourth-order valence-electron chi connectivity index (χ4n) is 5.85. The Kier molecular flexibility index (Phi) is 8.04. The maximum absolute atomic E-state index is 2.50. The van der Waals surface area contributed by atoms with Crippen molar-refractivity contribution < 1.29 is 28.5 Å². The fraction of sp³-hybridized carbons (Fsp3) is 0.344. The number of rotatable bonds is 4. The minimum Gasteiger partial charge on any atom is -1.00 e. The number of aryl methyl sites for hydroxylation is 3. The molecule has 2 heterocycles. The molecule has 6 rings (SSSR count). The molecule has 37 heavy (non-hydrogen) atoms. The lowest BCUT2D eigenvalue weighted by molar-refractivity contribution is -0.665. The van der Waals surface area contributed by atoms with Gasteiger partial charge in [0.25, 0.3) is 5.01 Å². The Morgan fingerprint density at radius 1 is 0.973 bits per heavy atom. The maximum atomic E-state index is 2.50. The summed E-state index contributed by atoms with van der Waals surface area (Å²) in [5.41, 5.74) is 9.88. The summed E-state index contributed by atoms with van der Waals surface area (Å²) in [6.45, 7) is 10.9. The van der Waals surface area contributed by atoms with Gasteiger partial charge < -0.3 is 28.9 Å². The number of thiazole rings is 1. The zero-order chi connectivity index (χ0) is 24.8. The summed E-state index contributed by atoms with van der Waals surface area (Å²) >= 11 is 3.86. The van der Waals surface area contributed by atoms with Crippen molar-refractivity contribution >= 4 is 45.1 Å². The van der Waals surface area contributed by atoms with E-state index in [-0.39, 0.29) is 24.0 Å². The van der Waals surface area contributed by atoms with E-state index in [0.29, 0.717) is 5.92 Å². The van der Waals surface area contributed by atoms with E-state index in [0.717, 1.165) is 13.1 Å². The molecule has 0 spiro atoms. The van der Waals surface area contributed by atoms with Crippen molar-refractivity contribution in [2.24, 2.45) is 5.92 Å². The van der Waals surface area contributed by atoms with Gasteiger partial charge in [-0.15, -0.1) is 0 Å². The summed E-state index contributed by atoms with van der Waals surface area (Å²) < 4.78 is 3.86. The van der Waals surface area contributed by atoms with Crippen LogP contribution in [0.25, 0.3) is 16.3 Å². The Labute approximate surface area is 246 Å². The van der Waals surface area contributed by atoms with E-state index in [1.807, 2.05) is 23.1 Å². The SMILES string of the molecule is CCN1/C(=C/C2=CC3=C/C(=C/c4sc5cc(C)ccc5[n+]4CC)CCC3CC2)Sc2cc(C)ccc21.[I-]. The second kappa shape index (κ2) is 11.1. The lowest BCUT2D eigenvalue weighted by Gasteiger charge is -2.28. The third kappa shape index (κ3) is 5.24. The largest absolute Gasteiger partial charge is 1.00 e. The van der Waals surface area contributed by atoms with Gasteiger partial charge in [-0.2, -0.15) is 4.57 Å². The number of aromatic nitrogens is 1. The normalized spacial score (nSPS) is 21.1. The average molecular weight is 639 g/mol. The minimum absolute atomic E-state index is 0. The van der Waals surface area contributed by atoms with E-state index in [1.54, 1.807) is 0 Å². The molecule has 1 unspecified atom stereocenters. The summed E-state index contributed by atoms with van der Waals surface area (Å²) in [6.07, 6.45) is 14.8. The number of allylic oxidation sites excluding steroid dienone is 6. The van der Waals surface area contributed by atoms with Crippen LogP contribution in [0.3, 0.4) is 0 Å². The molecule has 1 aliphatic heterocycles. The first-order chi connectivity index (χ1) is 17.5. The van der Waals surface area contributed by atoms with Gasteiger partial charge in [-0.05, 0) is 111 Å². The van der Waals surface area contributed by atoms with E-state index >= 15 is 0 Å². The van der Waals surface area contributed by atoms with Crippen LogP contribution in [0.5, 0.6) is 0 Å². The average Bonchev–Trinajstić information content (AvgIpc) is 3.39.